The largest absolute Gasteiger partial charge is 0.354 e. The Labute approximate surface area is 263 Å². The molecule has 0 unspecified atom stereocenters. The minimum absolute atomic E-state index is 0.106. The summed E-state index contributed by atoms with van der Waals surface area (Å²) in [6.07, 6.45) is 9.15. The van der Waals surface area contributed by atoms with Crippen LogP contribution in [0.4, 0.5) is 11.5 Å². The van der Waals surface area contributed by atoms with Crippen molar-refractivity contribution in [3.63, 3.8) is 0 Å². The molecule has 0 amide bonds. The summed E-state index contributed by atoms with van der Waals surface area (Å²) in [4.78, 5) is 24.6. The quantitative estimate of drug-likeness (QED) is 0.143. The minimum Gasteiger partial charge on any atom is -0.354 e. The number of aryl methyl sites for hydroxylation is 1. The van der Waals surface area contributed by atoms with Crippen molar-refractivity contribution in [2.75, 3.05) is 48.1 Å². The number of sulfonamides is 1. The number of likely N-dealkylation sites (tertiary alicyclic amines) is 1. The van der Waals surface area contributed by atoms with Crippen LogP contribution in [0.3, 0.4) is 0 Å². The topological polar surface area (TPSA) is 85.8 Å². The van der Waals surface area contributed by atoms with Gasteiger partial charge in [0.2, 0.25) is 13.8 Å². The molecule has 3 heterocycles. The minimum atomic E-state index is -3.45. The molecule has 0 radical (unpaired) electrons. The Morgan fingerprint density at radius 3 is 2.62 bits per heavy atom. The summed E-state index contributed by atoms with van der Waals surface area (Å²) >= 11 is 1.92. The number of carbonyl (C=O) groups excluding carboxylic acids is 1. The zero-order valence-corrected chi connectivity index (χ0v) is 27.5. The monoisotopic (exact) mass is 701 g/mol. The van der Waals surface area contributed by atoms with Gasteiger partial charge in [0, 0.05) is 78.4 Å². The number of aromatic nitrogens is 1. The summed E-state index contributed by atoms with van der Waals surface area (Å²) in [6, 6.07) is 9.21. The maximum Gasteiger partial charge on any atom is 0.236 e. The third-order valence-electron chi connectivity index (χ3n) is 8.51. The van der Waals surface area contributed by atoms with E-state index in [0.717, 1.165) is 87.5 Å². The SMILES string of the molecule is C=CCS(=O)(=O)Nc1cnc(N2CCN(C3CCN(Cc4ccc(CC5=C=C5)cc4C(=O)I)CC3)[C@@H](CC)C2)c(C)c1. The van der Waals surface area contributed by atoms with E-state index >= 15 is 0 Å². The molecule has 1 aromatic carbocycles. The van der Waals surface area contributed by atoms with Gasteiger partial charge in [0.25, 0.3) is 0 Å². The Morgan fingerprint density at radius 1 is 1.21 bits per heavy atom. The van der Waals surface area contributed by atoms with E-state index < -0.39 is 10.0 Å². The van der Waals surface area contributed by atoms with E-state index in [0.29, 0.717) is 17.8 Å². The van der Waals surface area contributed by atoms with Crippen LogP contribution in [0, 0.1) is 6.92 Å². The fourth-order valence-electron chi connectivity index (χ4n) is 6.31. The van der Waals surface area contributed by atoms with Crippen molar-refractivity contribution in [3.05, 3.63) is 82.8 Å². The second-order valence-corrected chi connectivity index (χ2v) is 14.3. The molecular weight excluding hydrogens is 661 g/mol. The Hall–Kier alpha value is -2.50. The molecular formula is C32H40IN5O3S. The number of piperazine rings is 1. The van der Waals surface area contributed by atoms with Crippen LogP contribution in [0.5, 0.6) is 0 Å². The summed E-state index contributed by atoms with van der Waals surface area (Å²) < 4.78 is 26.9. The first-order chi connectivity index (χ1) is 20.2. The number of hydrogen-bond acceptors (Lipinski definition) is 7. The molecule has 0 bridgehead atoms. The third kappa shape index (κ3) is 7.71. The van der Waals surface area contributed by atoms with Gasteiger partial charge >= 0.3 is 0 Å². The number of pyridine rings is 1. The maximum atomic E-state index is 12.4. The van der Waals surface area contributed by atoms with Crippen molar-refractivity contribution in [1.82, 2.24) is 14.8 Å². The standard InChI is InChI=1S/C32H40IN5O3S/c1-4-16-42(40,41)35-27-17-23(3)32(34-20-27)37-14-15-38(28(5-2)22-37)29-10-12-36(13-11-29)21-26-9-8-25(18-24-6-7-24)19-30(26)31(33)39/h4,6,8-9,17,19-20,28-29,35H,1,5,10-16,18,21-22H2,2-3H3/t28-/m0/s1. The summed E-state index contributed by atoms with van der Waals surface area (Å²) in [7, 11) is -3.45. The fourth-order valence-corrected chi connectivity index (χ4v) is 7.68. The van der Waals surface area contributed by atoms with Gasteiger partial charge in [-0.3, -0.25) is 19.3 Å². The smallest absolute Gasteiger partial charge is 0.236 e. The van der Waals surface area contributed by atoms with Crippen LogP contribution in [0.1, 0.15) is 53.2 Å². The molecule has 1 atom stereocenters. The van der Waals surface area contributed by atoms with Gasteiger partial charge in [-0.1, -0.05) is 25.1 Å². The van der Waals surface area contributed by atoms with Crippen LogP contribution in [-0.4, -0.2) is 77.6 Å². The van der Waals surface area contributed by atoms with Gasteiger partial charge in [-0.2, -0.15) is 0 Å². The number of anilines is 2. The highest BCUT2D eigenvalue weighted by Gasteiger charge is 2.34. The lowest BCUT2D eigenvalue weighted by Gasteiger charge is -2.48. The van der Waals surface area contributed by atoms with Gasteiger partial charge < -0.3 is 4.90 Å². The summed E-state index contributed by atoms with van der Waals surface area (Å²) in [5, 5.41) is 0. The number of halogens is 1. The van der Waals surface area contributed by atoms with Crippen LogP contribution in [-0.2, 0) is 23.0 Å². The zero-order chi connectivity index (χ0) is 29.9. The Balaban J connectivity index is 1.16. The number of nitrogens with zero attached hydrogens (tertiary/aromatic N) is 4. The second kappa shape index (κ2) is 13.4. The van der Waals surface area contributed by atoms with Gasteiger partial charge in [0.15, 0.2) is 0 Å². The van der Waals surface area contributed by atoms with E-state index in [1.54, 1.807) is 6.20 Å². The van der Waals surface area contributed by atoms with Gasteiger partial charge in [0.1, 0.15) is 5.82 Å². The first kappa shape index (κ1) is 30.9. The molecule has 2 aromatic rings. The van der Waals surface area contributed by atoms with Crippen LogP contribution in [0.15, 0.2) is 60.5 Å². The Kier molecular flexibility index (Phi) is 9.89. The molecule has 8 nitrogen and oxygen atoms in total. The second-order valence-electron chi connectivity index (χ2n) is 11.5. The number of allylic oxidation sites excluding steroid dienone is 1. The van der Waals surface area contributed by atoms with Crippen LogP contribution >= 0.6 is 22.6 Å². The molecule has 5 rings (SSSR count). The highest BCUT2D eigenvalue weighted by atomic mass is 127. The van der Waals surface area contributed by atoms with Crippen LogP contribution < -0.4 is 9.62 Å². The first-order valence-electron chi connectivity index (χ1n) is 14.7. The summed E-state index contributed by atoms with van der Waals surface area (Å²) in [5.74, 6) is 0.793. The van der Waals surface area contributed by atoms with E-state index in [1.807, 2.05) is 41.7 Å². The van der Waals surface area contributed by atoms with Crippen molar-refractivity contribution in [1.29, 1.82) is 0 Å². The lowest BCUT2D eigenvalue weighted by Crippen LogP contribution is -2.58. The number of piperidine rings is 1. The molecule has 0 spiro atoms. The highest BCUT2D eigenvalue weighted by Crippen LogP contribution is 2.29. The van der Waals surface area contributed by atoms with E-state index in [2.05, 4.69) is 61.8 Å². The van der Waals surface area contributed by atoms with Gasteiger partial charge in [-0.25, -0.2) is 13.4 Å². The number of rotatable bonds is 12. The molecule has 2 fully saturated rings. The first-order valence-corrected chi connectivity index (χ1v) is 17.5. The molecule has 0 saturated carbocycles. The average molecular weight is 702 g/mol. The Bertz CT molecular complexity index is 1510. The number of benzene rings is 1. The van der Waals surface area contributed by atoms with Crippen molar-refractivity contribution in [2.45, 2.75) is 58.2 Å². The molecule has 224 valence electrons. The van der Waals surface area contributed by atoms with Crippen molar-refractivity contribution in [2.24, 2.45) is 0 Å². The summed E-state index contributed by atoms with van der Waals surface area (Å²) in [6.45, 7) is 13.4. The molecule has 1 N–H and O–H groups in total. The summed E-state index contributed by atoms with van der Waals surface area (Å²) in [5.41, 5.74) is 8.94. The number of nitrogens with one attached hydrogen (secondary N) is 1. The molecule has 1 aromatic heterocycles. The van der Waals surface area contributed by atoms with Gasteiger partial charge in [-0.15, -0.1) is 12.3 Å². The maximum absolute atomic E-state index is 12.4. The van der Waals surface area contributed by atoms with Crippen molar-refractivity contribution >= 4 is 47.9 Å². The third-order valence-corrected chi connectivity index (χ3v) is 10.3. The predicted octanol–water partition coefficient (Wildman–Crippen LogP) is 5.10. The van der Waals surface area contributed by atoms with E-state index in [4.69, 9.17) is 0 Å². The van der Waals surface area contributed by atoms with Gasteiger partial charge in [-0.05, 0) is 74.2 Å². The van der Waals surface area contributed by atoms with E-state index in [9.17, 15) is 13.2 Å². The predicted molar refractivity (Wildman–Crippen MR) is 178 cm³/mol. The highest BCUT2D eigenvalue weighted by molar-refractivity contribution is 14.1. The molecule has 1 aliphatic carbocycles. The van der Waals surface area contributed by atoms with Crippen LogP contribution in [0.25, 0.3) is 0 Å². The molecule has 2 aliphatic heterocycles. The van der Waals surface area contributed by atoms with E-state index in [1.165, 1.54) is 17.2 Å². The molecule has 42 heavy (non-hydrogen) atoms. The fraction of sp³-hybridized carbons (Fsp3) is 0.469. The lowest BCUT2D eigenvalue weighted by atomic mass is 9.96. The molecule has 2 saturated heterocycles. The average Bonchev–Trinajstić information content (AvgIpc) is 3.78. The lowest BCUT2D eigenvalue weighted by molar-refractivity contribution is 0.0609. The normalized spacial score (nSPS) is 19.9. The van der Waals surface area contributed by atoms with Crippen molar-refractivity contribution in [3.8, 4) is 0 Å². The molecule has 3 aliphatic rings. The van der Waals surface area contributed by atoms with E-state index in [-0.39, 0.29) is 9.54 Å². The Morgan fingerprint density at radius 2 is 1.98 bits per heavy atom. The molecule has 10 heteroatoms. The number of hydrogen-bond donors (Lipinski definition) is 1. The van der Waals surface area contributed by atoms with Crippen molar-refractivity contribution < 1.29 is 13.2 Å². The van der Waals surface area contributed by atoms with Gasteiger partial charge in [0.05, 0.1) is 17.6 Å². The zero-order valence-electron chi connectivity index (χ0n) is 24.5. The van der Waals surface area contributed by atoms with Crippen LogP contribution in [0.2, 0.25) is 0 Å². The number of carbonyl (C=O) groups is 1.